The lowest BCUT2D eigenvalue weighted by Gasteiger charge is -2.27. The van der Waals surface area contributed by atoms with Gasteiger partial charge in [0.2, 0.25) is 0 Å². The van der Waals surface area contributed by atoms with Crippen molar-refractivity contribution in [1.29, 1.82) is 0 Å². The van der Waals surface area contributed by atoms with Crippen molar-refractivity contribution in [3.63, 3.8) is 0 Å². The Kier molecular flexibility index (Phi) is 13.9. The van der Waals surface area contributed by atoms with Gasteiger partial charge in [-0.2, -0.15) is 0 Å². The Morgan fingerprint density at radius 1 is 0.205 bits per heavy atom. The summed E-state index contributed by atoms with van der Waals surface area (Å²) in [5.41, 5.74) is 47.3. The molecule has 0 saturated heterocycles. The molecule has 0 amide bonds. The fourth-order valence-corrected chi connectivity index (χ4v) is 14.4. The number of furan rings is 1. The number of hydrogen-bond acceptors (Lipinski definition) is 4. The van der Waals surface area contributed by atoms with Gasteiger partial charge in [0.1, 0.15) is 231 Å². The standard InChI is InChI=1S/C45H56B28N4O/c46-10-1(2-12(48)24(60)30(66)25(61)13(2)49)11(47)19(55)7(18(10)54)43-74-44(8-21(57)28(64)31(67)29(65)22(8)58)76-45(75-43)9-20(56)16(52)5-6-17(53)34(70)40(37(73)42(6)78-41(5)23(9)59)77-38-3(14(50)26(62)32(68)35(38)71)4-15(51)27(63)33(69)36(72)39(4)77/h46-73H2. The van der Waals surface area contributed by atoms with Crippen molar-refractivity contribution in [2.45, 2.75) is 0 Å². The largest absolute Gasteiger partial charge is 0.457 e. The van der Waals surface area contributed by atoms with Gasteiger partial charge in [-0.15, -0.1) is 43.7 Å². The Morgan fingerprint density at radius 2 is 0.436 bits per heavy atom. The van der Waals surface area contributed by atoms with Crippen LogP contribution in [-0.2, 0) is 0 Å². The summed E-state index contributed by atoms with van der Waals surface area (Å²) in [4.78, 5) is 16.9. The first-order chi connectivity index (χ1) is 36.4. The van der Waals surface area contributed by atoms with E-state index in [0.717, 1.165) is 44.2 Å². The van der Waals surface area contributed by atoms with Gasteiger partial charge in [-0.05, 0) is 32.8 Å². The van der Waals surface area contributed by atoms with E-state index in [0.29, 0.717) is 17.5 Å². The number of fused-ring (bicyclic) bond motifs is 6. The third kappa shape index (κ3) is 7.52. The second kappa shape index (κ2) is 19.3. The summed E-state index contributed by atoms with van der Waals surface area (Å²) >= 11 is 0. The van der Waals surface area contributed by atoms with Crippen molar-refractivity contribution in [1.82, 2.24) is 19.5 Å². The summed E-state index contributed by atoms with van der Waals surface area (Å²) in [5, 5.41) is 5.10. The van der Waals surface area contributed by atoms with Crippen molar-refractivity contribution in [2.24, 2.45) is 0 Å². The number of benzene rings is 7. The van der Waals surface area contributed by atoms with Crippen LogP contribution in [0.5, 0.6) is 0 Å². The molecule has 10 rings (SSSR count). The minimum atomic E-state index is 0.670. The first kappa shape index (κ1) is 56.3. The molecular formula is C45H56B28N4O. The van der Waals surface area contributed by atoms with Gasteiger partial charge in [0, 0.05) is 44.2 Å². The Bertz CT molecular complexity index is 4330. The lowest BCUT2D eigenvalue weighted by atomic mass is 9.56. The van der Waals surface area contributed by atoms with Gasteiger partial charge >= 0.3 is 0 Å². The van der Waals surface area contributed by atoms with Crippen molar-refractivity contribution in [3.8, 4) is 51.0 Å². The fraction of sp³-hybridized carbons (Fsp3) is 0. The topological polar surface area (TPSA) is 56.7 Å². The van der Waals surface area contributed by atoms with Gasteiger partial charge in [0.15, 0.2) is 17.5 Å². The van der Waals surface area contributed by atoms with Crippen LogP contribution >= 0.6 is 0 Å². The third-order valence-electron chi connectivity index (χ3n) is 21.3. The number of rotatable bonds is 5. The minimum Gasteiger partial charge on any atom is -0.457 e. The molecule has 346 valence electrons. The highest BCUT2D eigenvalue weighted by Crippen LogP contribution is 2.31. The molecule has 0 bridgehead atoms. The van der Waals surface area contributed by atoms with E-state index in [1.165, 1.54) is 186 Å². The van der Waals surface area contributed by atoms with E-state index in [1.54, 1.807) is 0 Å². The van der Waals surface area contributed by atoms with Crippen LogP contribution in [0.3, 0.4) is 0 Å². The summed E-state index contributed by atoms with van der Waals surface area (Å²) in [5.74, 6) is 2.08. The molecule has 33 heteroatoms. The minimum absolute atomic E-state index is 0.670. The Morgan fingerprint density at radius 3 is 0.808 bits per heavy atom. The highest BCUT2D eigenvalue weighted by molar-refractivity contribution is 6.75. The normalized spacial score (nSPS) is 11.7. The molecule has 0 aliphatic rings. The zero-order valence-corrected chi connectivity index (χ0v) is 52.7. The van der Waals surface area contributed by atoms with Crippen LogP contribution in [-0.4, -0.2) is 239 Å². The fourth-order valence-electron chi connectivity index (χ4n) is 14.4. The van der Waals surface area contributed by atoms with Crippen molar-refractivity contribution < 1.29 is 4.42 Å². The molecule has 0 N–H and O–H groups in total. The van der Waals surface area contributed by atoms with E-state index in [-0.39, 0.29) is 0 Å². The monoisotopic (exact) mass is 977 g/mol. The van der Waals surface area contributed by atoms with E-state index in [4.69, 9.17) is 19.4 Å². The first-order valence-corrected chi connectivity index (χ1v) is 28.4. The average Bonchev–Trinajstić information content (AvgIpc) is 3.87. The predicted molar refractivity (Wildman–Crippen MR) is 432 cm³/mol. The quantitative estimate of drug-likeness (QED) is 0.161. The summed E-state index contributed by atoms with van der Waals surface area (Å²) in [7, 11) is 64.0. The van der Waals surface area contributed by atoms with E-state index in [2.05, 4.69) is 224 Å². The molecule has 10 aromatic rings. The van der Waals surface area contributed by atoms with Gasteiger partial charge in [0.05, 0.1) is 0 Å². The van der Waals surface area contributed by atoms with Crippen LogP contribution < -0.4 is 153 Å². The van der Waals surface area contributed by atoms with Crippen LogP contribution in [0.2, 0.25) is 0 Å². The molecule has 0 fully saturated rings. The van der Waals surface area contributed by atoms with Crippen LogP contribution in [0, 0.1) is 0 Å². The van der Waals surface area contributed by atoms with E-state index in [1.807, 2.05) is 0 Å². The molecule has 5 nitrogen and oxygen atoms in total. The van der Waals surface area contributed by atoms with Gasteiger partial charge in [-0.3, -0.25) is 0 Å². The maximum atomic E-state index is 7.50. The highest BCUT2D eigenvalue weighted by Gasteiger charge is 2.31. The molecule has 0 saturated carbocycles. The van der Waals surface area contributed by atoms with Crippen LogP contribution in [0.25, 0.3) is 94.7 Å². The van der Waals surface area contributed by atoms with Gasteiger partial charge in [0.25, 0.3) is 0 Å². The molecule has 7 aromatic carbocycles. The molecule has 0 spiro atoms. The lowest BCUT2D eigenvalue weighted by Crippen LogP contribution is -2.57. The molecule has 3 aromatic heterocycles. The average molecular weight is 972 g/mol. The van der Waals surface area contributed by atoms with Crippen molar-refractivity contribution in [2.75, 3.05) is 0 Å². The number of aromatic nitrogens is 4. The van der Waals surface area contributed by atoms with Gasteiger partial charge in [-0.25, -0.2) is 15.0 Å². The predicted octanol–water partition coefficient (Wildman–Crippen LogP) is -37.2. The Hall–Kier alpha value is -5.03. The first-order valence-electron chi connectivity index (χ1n) is 28.4. The van der Waals surface area contributed by atoms with E-state index >= 15 is 0 Å². The van der Waals surface area contributed by atoms with Crippen LogP contribution in [0.15, 0.2) is 4.42 Å². The highest BCUT2D eigenvalue weighted by atomic mass is 16.3. The van der Waals surface area contributed by atoms with E-state index < -0.39 is 0 Å². The molecule has 0 unspecified atom stereocenters. The summed E-state index contributed by atoms with van der Waals surface area (Å²) in [6.07, 6.45) is 0. The summed E-state index contributed by atoms with van der Waals surface area (Å²) in [6, 6.07) is 0. The van der Waals surface area contributed by atoms with Gasteiger partial charge in [-0.1, -0.05) is 98.3 Å². The molecule has 3 heterocycles. The smallest absolute Gasteiger partial charge is 0.163 e. The third-order valence-corrected chi connectivity index (χ3v) is 21.3. The Labute approximate surface area is 488 Å². The number of nitrogens with zero attached hydrogens (tertiary/aromatic N) is 4. The van der Waals surface area contributed by atoms with Crippen molar-refractivity contribution >= 4 is 416 Å². The van der Waals surface area contributed by atoms with Crippen LogP contribution in [0.4, 0.5) is 0 Å². The summed E-state index contributed by atoms with van der Waals surface area (Å²) < 4.78 is 10.1. The zero-order chi connectivity index (χ0) is 57.4. The Balaban J connectivity index is 1.30. The molecular weight excluding hydrogens is 915 g/mol. The molecule has 0 aliphatic heterocycles. The number of hydrogen-bond donors (Lipinski definition) is 0. The van der Waals surface area contributed by atoms with E-state index in [9.17, 15) is 0 Å². The second-order valence-electron chi connectivity index (χ2n) is 24.3. The SMILES string of the molecule is Bc1c(B)c(B)c(-c2nc(-c3c(B)c(B)c(-c4c(B)c(B)c(B)c(B)c4B)c(B)c3B)nc(-c3c(B)c(B)c4c(oc5c(B)c(-n6c7c(B)c(B)c(B)c(B)c7c7c(B)c(B)c(B)c(B)c76)c(B)c(B)c54)c3B)n2)c(B)c1B. The molecule has 0 radical (unpaired) electrons. The molecule has 78 heavy (non-hydrogen) atoms. The second-order valence-corrected chi connectivity index (χ2v) is 24.3. The van der Waals surface area contributed by atoms with Crippen LogP contribution in [0.1, 0.15) is 0 Å². The van der Waals surface area contributed by atoms with Crippen molar-refractivity contribution in [3.05, 3.63) is 0 Å². The maximum absolute atomic E-state index is 7.50. The zero-order valence-electron chi connectivity index (χ0n) is 52.7. The molecule has 0 atom stereocenters. The van der Waals surface area contributed by atoms with Gasteiger partial charge < -0.3 is 8.98 Å². The summed E-state index contributed by atoms with van der Waals surface area (Å²) in [6.45, 7) is 0. The lowest BCUT2D eigenvalue weighted by molar-refractivity contribution is 0.674. The maximum Gasteiger partial charge on any atom is 0.163 e. The molecule has 0 aliphatic carbocycles.